The molecule has 2 heterocycles. The molecule has 0 fully saturated rings. The summed E-state index contributed by atoms with van der Waals surface area (Å²) in [4.78, 5) is 9.13. The van der Waals surface area contributed by atoms with Crippen LogP contribution in [-0.2, 0) is 0 Å². The number of nitrogens with zero attached hydrogens (tertiary/aromatic N) is 4. The van der Waals surface area contributed by atoms with Crippen LogP contribution in [0.1, 0.15) is 5.56 Å². The van der Waals surface area contributed by atoms with Gasteiger partial charge in [0.2, 0.25) is 4.80 Å². The molecule has 0 atom stereocenters. The van der Waals surface area contributed by atoms with Crippen molar-refractivity contribution >= 4 is 17.6 Å². The van der Waals surface area contributed by atoms with E-state index >= 15 is 0 Å². The summed E-state index contributed by atoms with van der Waals surface area (Å²) in [5.41, 5.74) is 2.90. The van der Waals surface area contributed by atoms with Gasteiger partial charge in [0.1, 0.15) is 5.75 Å². The van der Waals surface area contributed by atoms with Gasteiger partial charge in [-0.15, -0.1) is 11.3 Å². The standard InChI is InChI=1S/C17H16N4OS/c1-18-17-21(20-11-13-7-9-19-10-8-13)15(12-23-17)14-5-3-4-6-16(14)22-2/h3-12H,1-2H3. The molecule has 0 saturated carbocycles. The molecule has 116 valence electrons. The fourth-order valence-electron chi connectivity index (χ4n) is 2.18. The summed E-state index contributed by atoms with van der Waals surface area (Å²) in [6, 6.07) is 11.7. The molecule has 0 aliphatic carbocycles. The SMILES string of the molecule is CN=c1scc(-c2ccccc2OC)n1N=Cc1ccncc1. The number of hydrogen-bond donors (Lipinski definition) is 0. The van der Waals surface area contributed by atoms with Crippen LogP contribution in [-0.4, -0.2) is 30.0 Å². The fraction of sp³-hybridized carbons (Fsp3) is 0.118. The highest BCUT2D eigenvalue weighted by molar-refractivity contribution is 7.07. The van der Waals surface area contributed by atoms with Gasteiger partial charge in [0.25, 0.3) is 0 Å². The van der Waals surface area contributed by atoms with E-state index in [1.54, 1.807) is 32.8 Å². The van der Waals surface area contributed by atoms with Crippen LogP contribution in [0, 0.1) is 0 Å². The molecule has 3 aromatic rings. The van der Waals surface area contributed by atoms with Crippen molar-refractivity contribution < 1.29 is 4.74 Å². The molecule has 0 amide bonds. The summed E-state index contributed by atoms with van der Waals surface area (Å²) < 4.78 is 7.28. The molecule has 0 N–H and O–H groups in total. The quantitative estimate of drug-likeness (QED) is 0.693. The average molecular weight is 324 g/mol. The van der Waals surface area contributed by atoms with Gasteiger partial charge < -0.3 is 4.74 Å². The third-order valence-electron chi connectivity index (χ3n) is 3.29. The van der Waals surface area contributed by atoms with Crippen LogP contribution >= 0.6 is 11.3 Å². The summed E-state index contributed by atoms with van der Waals surface area (Å²) in [6.07, 6.45) is 5.28. The van der Waals surface area contributed by atoms with E-state index in [4.69, 9.17) is 4.74 Å². The molecular formula is C17H16N4OS. The highest BCUT2D eigenvalue weighted by atomic mass is 32.1. The zero-order valence-electron chi connectivity index (χ0n) is 12.9. The van der Waals surface area contributed by atoms with E-state index in [1.165, 1.54) is 11.3 Å². The van der Waals surface area contributed by atoms with Crippen LogP contribution in [0.15, 0.2) is 64.3 Å². The van der Waals surface area contributed by atoms with Crippen molar-refractivity contribution in [1.82, 2.24) is 9.66 Å². The number of methoxy groups -OCH3 is 1. The minimum atomic E-state index is 0.806. The highest BCUT2D eigenvalue weighted by Gasteiger charge is 2.11. The Morgan fingerprint density at radius 3 is 2.70 bits per heavy atom. The molecule has 0 bridgehead atoms. The van der Waals surface area contributed by atoms with Gasteiger partial charge in [-0.05, 0) is 29.8 Å². The van der Waals surface area contributed by atoms with Crippen LogP contribution in [0.25, 0.3) is 11.3 Å². The average Bonchev–Trinajstić information content (AvgIpc) is 3.03. The molecule has 0 unspecified atom stereocenters. The molecule has 0 spiro atoms. The van der Waals surface area contributed by atoms with Crippen molar-refractivity contribution in [2.24, 2.45) is 10.1 Å². The Labute approximate surface area is 138 Å². The molecule has 23 heavy (non-hydrogen) atoms. The second-order valence-corrected chi connectivity index (χ2v) is 5.50. The number of para-hydroxylation sites is 1. The lowest BCUT2D eigenvalue weighted by atomic mass is 10.1. The Morgan fingerprint density at radius 1 is 1.17 bits per heavy atom. The van der Waals surface area contributed by atoms with Crippen molar-refractivity contribution in [2.75, 3.05) is 14.2 Å². The van der Waals surface area contributed by atoms with Gasteiger partial charge in [0, 0.05) is 30.4 Å². The summed E-state index contributed by atoms with van der Waals surface area (Å²) in [5.74, 6) is 0.806. The Bertz CT molecular complexity index is 881. The van der Waals surface area contributed by atoms with Crippen molar-refractivity contribution in [3.8, 4) is 17.0 Å². The minimum absolute atomic E-state index is 0.806. The van der Waals surface area contributed by atoms with Crippen LogP contribution < -0.4 is 9.54 Å². The van der Waals surface area contributed by atoms with Gasteiger partial charge in [-0.3, -0.25) is 9.98 Å². The zero-order chi connectivity index (χ0) is 16.1. The van der Waals surface area contributed by atoms with Gasteiger partial charge in [0.05, 0.1) is 19.0 Å². The number of hydrogen-bond acceptors (Lipinski definition) is 5. The second-order valence-electron chi connectivity index (χ2n) is 4.66. The Hall–Kier alpha value is -2.73. The first kappa shape index (κ1) is 15.2. The topological polar surface area (TPSA) is 51.8 Å². The zero-order valence-corrected chi connectivity index (χ0v) is 13.7. The molecule has 5 nitrogen and oxygen atoms in total. The Kier molecular flexibility index (Phi) is 4.63. The molecule has 0 saturated heterocycles. The molecule has 0 aliphatic rings. The van der Waals surface area contributed by atoms with E-state index in [0.29, 0.717) is 0 Å². The lowest BCUT2D eigenvalue weighted by Gasteiger charge is -2.08. The third kappa shape index (κ3) is 3.22. The molecule has 6 heteroatoms. The molecular weight excluding hydrogens is 308 g/mol. The first-order valence-electron chi connectivity index (χ1n) is 7.04. The smallest absolute Gasteiger partial charge is 0.205 e. The van der Waals surface area contributed by atoms with E-state index in [1.807, 2.05) is 46.5 Å². The van der Waals surface area contributed by atoms with E-state index in [2.05, 4.69) is 15.1 Å². The summed E-state index contributed by atoms with van der Waals surface area (Å²) in [6.45, 7) is 0. The van der Waals surface area contributed by atoms with Gasteiger partial charge in [-0.1, -0.05) is 12.1 Å². The molecule has 0 radical (unpaired) electrons. The Morgan fingerprint density at radius 2 is 1.96 bits per heavy atom. The van der Waals surface area contributed by atoms with Gasteiger partial charge in [-0.2, -0.15) is 5.10 Å². The van der Waals surface area contributed by atoms with Crippen LogP contribution in [0.3, 0.4) is 0 Å². The maximum atomic E-state index is 5.46. The molecule has 0 aliphatic heterocycles. The summed E-state index contributed by atoms with van der Waals surface area (Å²) in [7, 11) is 3.43. The lowest BCUT2D eigenvalue weighted by molar-refractivity contribution is 0.416. The van der Waals surface area contributed by atoms with E-state index in [0.717, 1.165) is 27.4 Å². The number of aromatic nitrogens is 2. The van der Waals surface area contributed by atoms with Gasteiger partial charge >= 0.3 is 0 Å². The predicted octanol–water partition coefficient (Wildman–Crippen LogP) is 3.03. The molecule has 3 rings (SSSR count). The number of ether oxygens (including phenoxy) is 1. The number of benzene rings is 1. The number of thiazole rings is 1. The monoisotopic (exact) mass is 324 g/mol. The molecule has 2 aromatic heterocycles. The van der Waals surface area contributed by atoms with Crippen LogP contribution in [0.5, 0.6) is 5.75 Å². The number of rotatable bonds is 4. The van der Waals surface area contributed by atoms with Gasteiger partial charge in [0.15, 0.2) is 0 Å². The maximum Gasteiger partial charge on any atom is 0.205 e. The fourth-order valence-corrected chi connectivity index (χ4v) is 2.97. The van der Waals surface area contributed by atoms with E-state index in [9.17, 15) is 0 Å². The summed E-state index contributed by atoms with van der Waals surface area (Å²) >= 11 is 1.54. The van der Waals surface area contributed by atoms with Crippen molar-refractivity contribution in [3.63, 3.8) is 0 Å². The van der Waals surface area contributed by atoms with Crippen LogP contribution in [0.4, 0.5) is 0 Å². The second kappa shape index (κ2) is 7.02. The van der Waals surface area contributed by atoms with Crippen molar-refractivity contribution in [3.05, 3.63) is 64.5 Å². The minimum Gasteiger partial charge on any atom is -0.496 e. The number of pyridine rings is 1. The normalized spacial score (nSPS) is 12.0. The first-order valence-corrected chi connectivity index (χ1v) is 7.92. The maximum absolute atomic E-state index is 5.46. The summed E-state index contributed by atoms with van der Waals surface area (Å²) in [5, 5.41) is 6.62. The van der Waals surface area contributed by atoms with Gasteiger partial charge in [-0.25, -0.2) is 4.68 Å². The molecule has 1 aromatic carbocycles. The highest BCUT2D eigenvalue weighted by Crippen LogP contribution is 2.29. The van der Waals surface area contributed by atoms with Crippen molar-refractivity contribution in [2.45, 2.75) is 0 Å². The van der Waals surface area contributed by atoms with E-state index in [-0.39, 0.29) is 0 Å². The van der Waals surface area contributed by atoms with Crippen LogP contribution in [0.2, 0.25) is 0 Å². The van der Waals surface area contributed by atoms with Crippen molar-refractivity contribution in [1.29, 1.82) is 0 Å². The van der Waals surface area contributed by atoms with E-state index < -0.39 is 0 Å². The largest absolute Gasteiger partial charge is 0.496 e. The first-order chi connectivity index (χ1) is 11.3. The lowest BCUT2D eigenvalue weighted by Crippen LogP contribution is -2.11. The Balaban J connectivity index is 2.10. The predicted molar refractivity (Wildman–Crippen MR) is 93.0 cm³/mol. The third-order valence-corrected chi connectivity index (χ3v) is 4.20.